The van der Waals surface area contributed by atoms with E-state index < -0.39 is 11.4 Å². The monoisotopic (exact) mass is 186 g/mol. The molecular formula is C11H22O2. The molecule has 78 valence electrons. The van der Waals surface area contributed by atoms with E-state index in [4.69, 9.17) is 5.11 Å². The van der Waals surface area contributed by atoms with Gasteiger partial charge in [-0.3, -0.25) is 4.79 Å². The minimum atomic E-state index is -0.671. The predicted molar refractivity (Wildman–Crippen MR) is 54.7 cm³/mol. The highest BCUT2D eigenvalue weighted by Crippen LogP contribution is 2.33. The van der Waals surface area contributed by atoms with E-state index >= 15 is 0 Å². The summed E-state index contributed by atoms with van der Waals surface area (Å²) in [7, 11) is 0. The third-order valence-electron chi connectivity index (χ3n) is 2.97. The SMILES string of the molecule is CCCCC(CC)C(C)(C)C(=O)O. The summed E-state index contributed by atoms with van der Waals surface area (Å²) in [5, 5.41) is 9.04. The van der Waals surface area contributed by atoms with Crippen molar-refractivity contribution in [2.75, 3.05) is 0 Å². The number of unbranched alkanes of at least 4 members (excludes halogenated alkanes) is 1. The highest BCUT2D eigenvalue weighted by atomic mass is 16.4. The van der Waals surface area contributed by atoms with Crippen LogP contribution in [-0.2, 0) is 4.79 Å². The summed E-state index contributed by atoms with van der Waals surface area (Å²) in [6.45, 7) is 7.88. The van der Waals surface area contributed by atoms with Crippen molar-refractivity contribution in [3.63, 3.8) is 0 Å². The van der Waals surface area contributed by atoms with Gasteiger partial charge in [0.15, 0.2) is 0 Å². The second-order valence-corrected chi connectivity index (χ2v) is 4.27. The van der Waals surface area contributed by atoms with Gasteiger partial charge in [0.25, 0.3) is 0 Å². The first-order chi connectivity index (χ1) is 5.96. The first-order valence-corrected chi connectivity index (χ1v) is 5.20. The first-order valence-electron chi connectivity index (χ1n) is 5.20. The minimum absolute atomic E-state index is 0.310. The van der Waals surface area contributed by atoms with Crippen molar-refractivity contribution >= 4 is 5.97 Å². The Bertz CT molecular complexity index is 161. The van der Waals surface area contributed by atoms with Crippen molar-refractivity contribution in [2.45, 2.75) is 53.4 Å². The molecule has 0 aliphatic rings. The summed E-state index contributed by atoms with van der Waals surface area (Å²) in [5.74, 6) is -0.361. The molecule has 0 bridgehead atoms. The molecule has 0 spiro atoms. The van der Waals surface area contributed by atoms with E-state index in [9.17, 15) is 4.79 Å². The molecule has 0 fully saturated rings. The van der Waals surface area contributed by atoms with Crippen molar-refractivity contribution < 1.29 is 9.90 Å². The average molecular weight is 186 g/mol. The maximum absolute atomic E-state index is 11.0. The maximum atomic E-state index is 11.0. The van der Waals surface area contributed by atoms with Gasteiger partial charge < -0.3 is 5.11 Å². The van der Waals surface area contributed by atoms with Gasteiger partial charge in [-0.15, -0.1) is 0 Å². The third kappa shape index (κ3) is 3.37. The van der Waals surface area contributed by atoms with Crippen LogP contribution in [0.2, 0.25) is 0 Å². The van der Waals surface area contributed by atoms with E-state index in [0.29, 0.717) is 5.92 Å². The molecule has 1 unspecified atom stereocenters. The zero-order valence-electron chi connectivity index (χ0n) is 9.26. The lowest BCUT2D eigenvalue weighted by Gasteiger charge is -2.29. The Morgan fingerprint density at radius 3 is 2.23 bits per heavy atom. The van der Waals surface area contributed by atoms with Crippen LogP contribution in [0.15, 0.2) is 0 Å². The van der Waals surface area contributed by atoms with Gasteiger partial charge in [0.1, 0.15) is 0 Å². The Kier molecular flexibility index (Phi) is 5.04. The Morgan fingerprint density at radius 1 is 1.38 bits per heavy atom. The molecule has 2 heteroatoms. The molecule has 0 heterocycles. The zero-order chi connectivity index (χ0) is 10.5. The Hall–Kier alpha value is -0.530. The molecule has 0 rings (SSSR count). The minimum Gasteiger partial charge on any atom is -0.481 e. The Morgan fingerprint density at radius 2 is 1.92 bits per heavy atom. The summed E-state index contributed by atoms with van der Waals surface area (Å²) < 4.78 is 0. The first kappa shape index (κ1) is 12.5. The van der Waals surface area contributed by atoms with Crippen LogP contribution >= 0.6 is 0 Å². The molecule has 0 aliphatic heterocycles. The molecule has 1 N–H and O–H groups in total. The van der Waals surface area contributed by atoms with Crippen LogP contribution in [-0.4, -0.2) is 11.1 Å². The van der Waals surface area contributed by atoms with E-state index in [0.717, 1.165) is 25.7 Å². The van der Waals surface area contributed by atoms with Gasteiger partial charge in [0.05, 0.1) is 5.41 Å². The smallest absolute Gasteiger partial charge is 0.309 e. The fraction of sp³-hybridized carbons (Fsp3) is 0.909. The van der Waals surface area contributed by atoms with Crippen LogP contribution in [0.1, 0.15) is 53.4 Å². The van der Waals surface area contributed by atoms with Crippen molar-refractivity contribution in [3.8, 4) is 0 Å². The number of hydrogen-bond acceptors (Lipinski definition) is 1. The number of carboxylic acid groups (broad SMARTS) is 1. The second kappa shape index (κ2) is 5.25. The van der Waals surface area contributed by atoms with E-state index in [1.807, 2.05) is 13.8 Å². The number of aliphatic carboxylic acids is 1. The van der Waals surface area contributed by atoms with E-state index in [1.165, 1.54) is 0 Å². The van der Waals surface area contributed by atoms with Crippen LogP contribution in [0.3, 0.4) is 0 Å². The van der Waals surface area contributed by atoms with Gasteiger partial charge in [0.2, 0.25) is 0 Å². The molecular weight excluding hydrogens is 164 g/mol. The summed E-state index contributed by atoms with van der Waals surface area (Å²) in [5.41, 5.74) is -0.566. The molecule has 0 amide bonds. The van der Waals surface area contributed by atoms with E-state index in [1.54, 1.807) is 0 Å². The molecule has 0 aromatic heterocycles. The zero-order valence-corrected chi connectivity index (χ0v) is 9.26. The van der Waals surface area contributed by atoms with Crippen LogP contribution in [0.5, 0.6) is 0 Å². The second-order valence-electron chi connectivity index (χ2n) is 4.27. The van der Waals surface area contributed by atoms with Gasteiger partial charge in [-0.25, -0.2) is 0 Å². The summed E-state index contributed by atoms with van der Waals surface area (Å²) in [4.78, 5) is 11.0. The van der Waals surface area contributed by atoms with Crippen molar-refractivity contribution in [1.82, 2.24) is 0 Å². The van der Waals surface area contributed by atoms with Gasteiger partial charge in [-0.2, -0.15) is 0 Å². The van der Waals surface area contributed by atoms with Gasteiger partial charge in [-0.05, 0) is 26.2 Å². The van der Waals surface area contributed by atoms with Crippen molar-refractivity contribution in [2.24, 2.45) is 11.3 Å². The number of hydrogen-bond donors (Lipinski definition) is 1. The lowest BCUT2D eigenvalue weighted by atomic mass is 9.75. The van der Waals surface area contributed by atoms with Crippen LogP contribution in [0, 0.1) is 11.3 Å². The highest BCUT2D eigenvalue weighted by molar-refractivity contribution is 5.73. The van der Waals surface area contributed by atoms with Crippen LogP contribution in [0.25, 0.3) is 0 Å². The Balaban J connectivity index is 4.28. The van der Waals surface area contributed by atoms with E-state index in [-0.39, 0.29) is 0 Å². The molecule has 0 aliphatic carbocycles. The van der Waals surface area contributed by atoms with Gasteiger partial charge in [0, 0.05) is 0 Å². The number of carbonyl (C=O) groups is 1. The molecule has 13 heavy (non-hydrogen) atoms. The fourth-order valence-corrected chi connectivity index (χ4v) is 1.70. The topological polar surface area (TPSA) is 37.3 Å². The summed E-state index contributed by atoms with van der Waals surface area (Å²) in [6.07, 6.45) is 4.27. The summed E-state index contributed by atoms with van der Waals surface area (Å²) in [6, 6.07) is 0. The largest absolute Gasteiger partial charge is 0.481 e. The molecule has 0 saturated heterocycles. The van der Waals surface area contributed by atoms with Gasteiger partial charge in [-0.1, -0.05) is 33.1 Å². The predicted octanol–water partition coefficient (Wildman–Crippen LogP) is 3.31. The van der Waals surface area contributed by atoms with Crippen LogP contribution in [0.4, 0.5) is 0 Å². The normalized spacial score (nSPS) is 14.2. The van der Waals surface area contributed by atoms with Crippen molar-refractivity contribution in [3.05, 3.63) is 0 Å². The maximum Gasteiger partial charge on any atom is 0.309 e. The van der Waals surface area contributed by atoms with Crippen LogP contribution < -0.4 is 0 Å². The van der Waals surface area contributed by atoms with Gasteiger partial charge >= 0.3 is 5.97 Å². The highest BCUT2D eigenvalue weighted by Gasteiger charge is 2.34. The standard InChI is InChI=1S/C11H22O2/c1-5-7-8-9(6-2)11(3,4)10(12)13/h9H,5-8H2,1-4H3,(H,12,13). The molecule has 0 saturated carbocycles. The van der Waals surface area contributed by atoms with E-state index in [2.05, 4.69) is 13.8 Å². The molecule has 1 atom stereocenters. The lowest BCUT2D eigenvalue weighted by molar-refractivity contribution is -0.150. The molecule has 0 radical (unpaired) electrons. The Labute approximate surface area is 81.3 Å². The third-order valence-corrected chi connectivity index (χ3v) is 2.97. The number of carboxylic acids is 1. The summed E-state index contributed by atoms with van der Waals surface area (Å²) >= 11 is 0. The number of rotatable bonds is 6. The average Bonchev–Trinajstić information content (AvgIpc) is 2.05. The molecule has 0 aromatic carbocycles. The fourth-order valence-electron chi connectivity index (χ4n) is 1.70. The molecule has 2 nitrogen and oxygen atoms in total. The molecule has 0 aromatic rings. The lowest BCUT2D eigenvalue weighted by Crippen LogP contribution is -2.32. The van der Waals surface area contributed by atoms with Crippen molar-refractivity contribution in [1.29, 1.82) is 0 Å². The quantitative estimate of drug-likeness (QED) is 0.691.